The number of carbonyl (C=O) groups is 2. The molecule has 100 valence electrons. The molecule has 19 heavy (non-hydrogen) atoms. The summed E-state index contributed by atoms with van der Waals surface area (Å²) in [7, 11) is 0. The summed E-state index contributed by atoms with van der Waals surface area (Å²) in [6, 6.07) is 3.86. The van der Waals surface area contributed by atoms with Crippen LogP contribution in [0.5, 0.6) is 0 Å². The first-order valence-corrected chi connectivity index (χ1v) is 6.13. The number of hydrogen-bond donors (Lipinski definition) is 2. The number of carboxylic acids is 1. The molecule has 1 saturated carbocycles. The third-order valence-electron chi connectivity index (χ3n) is 3.69. The van der Waals surface area contributed by atoms with Crippen molar-refractivity contribution < 1.29 is 19.1 Å². The van der Waals surface area contributed by atoms with E-state index in [9.17, 15) is 14.0 Å². The summed E-state index contributed by atoms with van der Waals surface area (Å²) in [5.74, 6) is -1.42. The molecule has 1 aliphatic heterocycles. The van der Waals surface area contributed by atoms with Crippen LogP contribution in [0.4, 0.5) is 14.9 Å². The quantitative estimate of drug-likeness (QED) is 0.850. The number of aliphatic carboxylic acids is 1. The molecule has 2 aliphatic rings. The van der Waals surface area contributed by atoms with Gasteiger partial charge in [-0.2, -0.15) is 0 Å². The van der Waals surface area contributed by atoms with E-state index in [1.165, 1.54) is 17.0 Å². The molecule has 1 aromatic carbocycles. The van der Waals surface area contributed by atoms with E-state index < -0.39 is 23.4 Å². The number of nitrogens with one attached hydrogen (secondary N) is 1. The fraction of sp³-hybridized carbons (Fsp3) is 0.385. The van der Waals surface area contributed by atoms with Crippen LogP contribution < -0.4 is 10.2 Å². The molecule has 1 fully saturated rings. The third kappa shape index (κ3) is 1.93. The van der Waals surface area contributed by atoms with Gasteiger partial charge in [-0.15, -0.1) is 0 Å². The number of fused-ring (bicyclic) bond motifs is 1. The maximum Gasteiger partial charge on any atom is 0.329 e. The Hall–Kier alpha value is -2.11. The van der Waals surface area contributed by atoms with Crippen molar-refractivity contribution in [3.05, 3.63) is 29.6 Å². The molecule has 2 amide bonds. The van der Waals surface area contributed by atoms with Gasteiger partial charge in [-0.05, 0) is 37.0 Å². The molecule has 0 atom stereocenters. The van der Waals surface area contributed by atoms with Crippen LogP contribution in [0, 0.1) is 5.82 Å². The predicted octanol–water partition coefficient (Wildman–Crippen LogP) is 1.51. The van der Waals surface area contributed by atoms with Crippen molar-refractivity contribution in [2.24, 2.45) is 0 Å². The van der Waals surface area contributed by atoms with Crippen molar-refractivity contribution in [1.29, 1.82) is 0 Å². The lowest BCUT2D eigenvalue weighted by molar-refractivity contribution is -0.140. The van der Waals surface area contributed by atoms with Gasteiger partial charge in [-0.3, -0.25) is 4.90 Å². The monoisotopic (exact) mass is 264 g/mol. The number of halogens is 1. The minimum atomic E-state index is -1.12. The van der Waals surface area contributed by atoms with Gasteiger partial charge in [-0.1, -0.05) is 6.07 Å². The normalized spacial score (nSPS) is 18.9. The summed E-state index contributed by atoms with van der Waals surface area (Å²) < 4.78 is 13.2. The molecule has 3 rings (SSSR count). The summed E-state index contributed by atoms with van der Waals surface area (Å²) in [4.78, 5) is 24.6. The zero-order valence-corrected chi connectivity index (χ0v) is 10.1. The Kier molecular flexibility index (Phi) is 2.48. The van der Waals surface area contributed by atoms with Crippen LogP contribution in [0.3, 0.4) is 0 Å². The molecule has 0 bridgehead atoms. The molecule has 0 radical (unpaired) electrons. The largest absolute Gasteiger partial charge is 0.480 e. The second-order valence-corrected chi connectivity index (χ2v) is 4.99. The molecule has 0 aromatic heterocycles. The molecule has 0 spiro atoms. The molecular formula is C13H13FN2O3. The molecule has 0 saturated heterocycles. The number of benzene rings is 1. The summed E-state index contributed by atoms with van der Waals surface area (Å²) in [6.07, 6.45) is 1.54. The van der Waals surface area contributed by atoms with Crippen molar-refractivity contribution in [2.45, 2.75) is 24.8 Å². The predicted molar refractivity (Wildman–Crippen MR) is 65.6 cm³/mol. The van der Waals surface area contributed by atoms with Crippen LogP contribution >= 0.6 is 0 Å². The third-order valence-corrected chi connectivity index (χ3v) is 3.69. The van der Waals surface area contributed by atoms with Crippen LogP contribution in [0.25, 0.3) is 0 Å². The number of hydrogen-bond acceptors (Lipinski definition) is 2. The highest BCUT2D eigenvalue weighted by atomic mass is 19.1. The number of rotatable bonds is 2. The van der Waals surface area contributed by atoms with Crippen molar-refractivity contribution in [1.82, 2.24) is 5.32 Å². The first-order chi connectivity index (χ1) is 9.02. The molecule has 5 nitrogen and oxygen atoms in total. The van der Waals surface area contributed by atoms with E-state index in [0.29, 0.717) is 31.5 Å². The lowest BCUT2D eigenvalue weighted by Gasteiger charge is -2.21. The van der Waals surface area contributed by atoms with Gasteiger partial charge >= 0.3 is 12.0 Å². The minimum absolute atomic E-state index is 0.405. The molecule has 1 aliphatic carbocycles. The van der Waals surface area contributed by atoms with Crippen LogP contribution in [-0.4, -0.2) is 29.2 Å². The SMILES string of the molecule is O=C(NC1(C(=O)O)CC1)N1CCc2ccc(F)cc21. The number of carbonyl (C=O) groups excluding carboxylic acids is 1. The topological polar surface area (TPSA) is 69.6 Å². The van der Waals surface area contributed by atoms with E-state index in [2.05, 4.69) is 5.32 Å². The Labute approximate surface area is 109 Å². The summed E-state index contributed by atoms with van der Waals surface area (Å²) in [5, 5.41) is 11.6. The van der Waals surface area contributed by atoms with Gasteiger partial charge in [0.25, 0.3) is 0 Å². The first kappa shape index (κ1) is 12.0. The smallest absolute Gasteiger partial charge is 0.329 e. The lowest BCUT2D eigenvalue weighted by Crippen LogP contribution is -2.49. The van der Waals surface area contributed by atoms with Crippen LogP contribution in [0.15, 0.2) is 18.2 Å². The lowest BCUT2D eigenvalue weighted by atomic mass is 10.2. The van der Waals surface area contributed by atoms with Crippen molar-refractivity contribution in [2.75, 3.05) is 11.4 Å². The fourth-order valence-corrected chi connectivity index (χ4v) is 2.35. The Morgan fingerprint density at radius 2 is 2.11 bits per heavy atom. The van der Waals surface area contributed by atoms with Crippen LogP contribution in [0.1, 0.15) is 18.4 Å². The molecule has 0 unspecified atom stereocenters. The van der Waals surface area contributed by atoms with Gasteiger partial charge in [0.1, 0.15) is 11.4 Å². The van der Waals surface area contributed by atoms with Gasteiger partial charge in [0, 0.05) is 6.54 Å². The van der Waals surface area contributed by atoms with Gasteiger partial charge in [0.05, 0.1) is 5.69 Å². The van der Waals surface area contributed by atoms with E-state index in [-0.39, 0.29) is 0 Å². The molecule has 6 heteroatoms. The molecule has 1 aromatic rings. The van der Waals surface area contributed by atoms with E-state index >= 15 is 0 Å². The fourth-order valence-electron chi connectivity index (χ4n) is 2.35. The number of nitrogens with zero attached hydrogens (tertiary/aromatic N) is 1. The van der Waals surface area contributed by atoms with Gasteiger partial charge < -0.3 is 10.4 Å². The molecule has 1 heterocycles. The molecule has 2 N–H and O–H groups in total. The zero-order valence-electron chi connectivity index (χ0n) is 10.1. The van der Waals surface area contributed by atoms with Crippen molar-refractivity contribution >= 4 is 17.7 Å². The summed E-state index contributed by atoms with van der Waals surface area (Å²) >= 11 is 0. The maximum absolute atomic E-state index is 13.2. The Morgan fingerprint density at radius 3 is 2.74 bits per heavy atom. The highest BCUT2D eigenvalue weighted by molar-refractivity contribution is 5.98. The Bertz CT molecular complexity index is 569. The van der Waals surface area contributed by atoms with Gasteiger partial charge in [-0.25, -0.2) is 14.0 Å². The Morgan fingerprint density at radius 1 is 1.37 bits per heavy atom. The van der Waals surface area contributed by atoms with Crippen molar-refractivity contribution in [3.8, 4) is 0 Å². The second kappa shape index (κ2) is 3.94. The van der Waals surface area contributed by atoms with E-state index in [0.717, 1.165) is 5.56 Å². The highest BCUT2D eigenvalue weighted by Gasteiger charge is 2.52. The second-order valence-electron chi connectivity index (χ2n) is 4.99. The van der Waals surface area contributed by atoms with Crippen molar-refractivity contribution in [3.63, 3.8) is 0 Å². The average Bonchev–Trinajstić information content (AvgIpc) is 3.02. The van der Waals surface area contributed by atoms with E-state index in [1.54, 1.807) is 6.07 Å². The number of anilines is 1. The summed E-state index contributed by atoms with van der Waals surface area (Å²) in [5.41, 5.74) is 0.308. The maximum atomic E-state index is 13.2. The highest BCUT2D eigenvalue weighted by Crippen LogP contribution is 2.36. The van der Waals surface area contributed by atoms with E-state index in [4.69, 9.17) is 5.11 Å². The Balaban J connectivity index is 1.80. The standard InChI is InChI=1S/C13H13FN2O3/c14-9-2-1-8-3-6-16(10(8)7-9)12(19)15-13(4-5-13)11(17)18/h1-2,7H,3-6H2,(H,15,19)(H,17,18). The van der Waals surface area contributed by atoms with Gasteiger partial charge in [0.2, 0.25) is 0 Å². The van der Waals surface area contributed by atoms with Gasteiger partial charge in [0.15, 0.2) is 0 Å². The number of carboxylic acid groups (broad SMARTS) is 1. The summed E-state index contributed by atoms with van der Waals surface area (Å²) in [6.45, 7) is 0.445. The number of urea groups is 1. The zero-order chi connectivity index (χ0) is 13.6. The van der Waals surface area contributed by atoms with E-state index in [1.807, 2.05) is 0 Å². The van der Waals surface area contributed by atoms with Crippen LogP contribution in [0.2, 0.25) is 0 Å². The van der Waals surface area contributed by atoms with Crippen LogP contribution in [-0.2, 0) is 11.2 Å². The first-order valence-electron chi connectivity index (χ1n) is 6.13. The molecular weight excluding hydrogens is 251 g/mol. The minimum Gasteiger partial charge on any atom is -0.480 e. The average molecular weight is 264 g/mol. The number of amides is 2.